The van der Waals surface area contributed by atoms with Crippen LogP contribution in [0, 0.1) is 0 Å². The van der Waals surface area contributed by atoms with Crippen molar-refractivity contribution >= 4 is 5.91 Å². The Morgan fingerprint density at radius 2 is 2.36 bits per heavy atom. The topological polar surface area (TPSA) is 38.1 Å². The van der Waals surface area contributed by atoms with Gasteiger partial charge in [0.2, 0.25) is 0 Å². The molecule has 0 saturated carbocycles. The van der Waals surface area contributed by atoms with Crippen LogP contribution in [0.4, 0.5) is 0 Å². The Morgan fingerprint density at radius 3 is 2.93 bits per heavy atom. The molecule has 0 N–H and O–H groups in total. The van der Waals surface area contributed by atoms with Gasteiger partial charge in [0, 0.05) is 26.3 Å². The first-order valence-electron chi connectivity index (χ1n) is 4.71. The first-order valence-corrected chi connectivity index (χ1v) is 4.71. The van der Waals surface area contributed by atoms with Crippen LogP contribution in [-0.4, -0.2) is 33.7 Å². The molecule has 1 aliphatic rings. The summed E-state index contributed by atoms with van der Waals surface area (Å²) in [5.74, 6) is 0.0642. The zero-order valence-electron chi connectivity index (χ0n) is 8.18. The van der Waals surface area contributed by atoms with E-state index in [0.29, 0.717) is 12.2 Å². The minimum Gasteiger partial charge on any atom is -0.333 e. The van der Waals surface area contributed by atoms with E-state index in [1.807, 2.05) is 11.0 Å². The Hall–Kier alpha value is -1.58. The second-order valence-electron chi connectivity index (χ2n) is 3.35. The van der Waals surface area contributed by atoms with Crippen molar-refractivity contribution in [2.24, 2.45) is 7.05 Å². The molecule has 2 heterocycles. The van der Waals surface area contributed by atoms with Gasteiger partial charge in [-0.15, -0.1) is 0 Å². The molecule has 2 rings (SSSR count). The lowest BCUT2D eigenvalue weighted by molar-refractivity contribution is 0.0760. The molecule has 0 aromatic carbocycles. The second kappa shape index (κ2) is 3.65. The lowest BCUT2D eigenvalue weighted by Gasteiger charge is -2.23. The highest BCUT2D eigenvalue weighted by atomic mass is 16.2. The maximum absolute atomic E-state index is 11.9. The van der Waals surface area contributed by atoms with E-state index in [-0.39, 0.29) is 5.91 Å². The van der Waals surface area contributed by atoms with Gasteiger partial charge >= 0.3 is 0 Å². The summed E-state index contributed by atoms with van der Waals surface area (Å²) in [5, 5.41) is 3.98. The Labute approximate surface area is 82.8 Å². The van der Waals surface area contributed by atoms with E-state index in [4.69, 9.17) is 0 Å². The molecule has 0 atom stereocenters. The van der Waals surface area contributed by atoms with Crippen molar-refractivity contribution in [3.8, 4) is 0 Å². The van der Waals surface area contributed by atoms with Crippen molar-refractivity contribution in [2.45, 2.75) is 6.42 Å². The smallest absolute Gasteiger partial charge is 0.272 e. The number of hydrogen-bond acceptors (Lipinski definition) is 2. The summed E-state index contributed by atoms with van der Waals surface area (Å²) in [6.45, 7) is 1.52. The molecular weight excluding hydrogens is 178 g/mol. The molecule has 0 saturated heterocycles. The van der Waals surface area contributed by atoms with Crippen molar-refractivity contribution in [3.05, 3.63) is 30.1 Å². The van der Waals surface area contributed by atoms with E-state index in [2.05, 4.69) is 11.2 Å². The van der Waals surface area contributed by atoms with Crippen molar-refractivity contribution in [3.63, 3.8) is 0 Å². The number of aromatic nitrogens is 2. The van der Waals surface area contributed by atoms with Gasteiger partial charge in [-0.2, -0.15) is 5.10 Å². The van der Waals surface area contributed by atoms with Crippen LogP contribution in [0.5, 0.6) is 0 Å². The summed E-state index contributed by atoms with van der Waals surface area (Å²) in [6.07, 6.45) is 6.72. The maximum atomic E-state index is 11.9. The molecule has 1 aliphatic heterocycles. The zero-order chi connectivity index (χ0) is 9.97. The van der Waals surface area contributed by atoms with Crippen LogP contribution in [0.3, 0.4) is 0 Å². The molecular formula is C10H13N3O. The fourth-order valence-corrected chi connectivity index (χ4v) is 1.57. The van der Waals surface area contributed by atoms with Gasteiger partial charge in [0.25, 0.3) is 5.91 Å². The van der Waals surface area contributed by atoms with Gasteiger partial charge in [0.15, 0.2) is 0 Å². The fourth-order valence-electron chi connectivity index (χ4n) is 1.57. The van der Waals surface area contributed by atoms with Gasteiger partial charge < -0.3 is 4.90 Å². The minimum absolute atomic E-state index is 0.0642. The third kappa shape index (κ3) is 1.55. The molecule has 0 unspecified atom stereocenters. The van der Waals surface area contributed by atoms with Crippen LogP contribution in [0.25, 0.3) is 0 Å². The van der Waals surface area contributed by atoms with Crippen molar-refractivity contribution in [1.29, 1.82) is 0 Å². The van der Waals surface area contributed by atoms with E-state index in [1.54, 1.807) is 24.0 Å². The standard InChI is InChI=1S/C10H13N3O/c1-12-9(5-6-11-12)10(14)13-7-3-2-4-8-13/h2-3,5-6H,4,7-8H2,1H3. The molecule has 4 nitrogen and oxygen atoms in total. The number of nitrogens with zero attached hydrogens (tertiary/aromatic N) is 3. The van der Waals surface area contributed by atoms with E-state index in [9.17, 15) is 4.79 Å². The molecule has 0 fully saturated rings. The van der Waals surface area contributed by atoms with Gasteiger partial charge in [-0.3, -0.25) is 9.48 Å². The third-order valence-electron chi connectivity index (χ3n) is 2.39. The lowest BCUT2D eigenvalue weighted by atomic mass is 10.2. The van der Waals surface area contributed by atoms with Crippen LogP contribution in [0.15, 0.2) is 24.4 Å². The van der Waals surface area contributed by atoms with Gasteiger partial charge in [-0.1, -0.05) is 12.2 Å². The number of carbonyl (C=O) groups excluding carboxylic acids is 1. The fraction of sp³-hybridized carbons (Fsp3) is 0.400. The van der Waals surface area contributed by atoms with E-state index in [1.165, 1.54) is 0 Å². The van der Waals surface area contributed by atoms with E-state index in [0.717, 1.165) is 13.0 Å². The molecule has 4 heteroatoms. The maximum Gasteiger partial charge on any atom is 0.272 e. The highest BCUT2D eigenvalue weighted by molar-refractivity contribution is 5.92. The predicted octanol–water partition coefficient (Wildman–Crippen LogP) is 0.822. The van der Waals surface area contributed by atoms with E-state index >= 15 is 0 Å². The Morgan fingerprint density at radius 1 is 1.50 bits per heavy atom. The molecule has 74 valence electrons. The van der Waals surface area contributed by atoms with Gasteiger partial charge in [-0.25, -0.2) is 0 Å². The normalized spacial score (nSPS) is 15.9. The number of aryl methyl sites for hydroxylation is 1. The number of carbonyl (C=O) groups is 1. The van der Waals surface area contributed by atoms with Crippen molar-refractivity contribution in [2.75, 3.05) is 13.1 Å². The zero-order valence-corrected chi connectivity index (χ0v) is 8.18. The highest BCUT2D eigenvalue weighted by Crippen LogP contribution is 2.07. The molecule has 1 aromatic rings. The quantitative estimate of drug-likeness (QED) is 0.616. The lowest BCUT2D eigenvalue weighted by Crippen LogP contribution is -2.34. The highest BCUT2D eigenvalue weighted by Gasteiger charge is 2.18. The van der Waals surface area contributed by atoms with Gasteiger partial charge in [0.05, 0.1) is 0 Å². The third-order valence-corrected chi connectivity index (χ3v) is 2.39. The number of amides is 1. The van der Waals surface area contributed by atoms with Gasteiger partial charge in [-0.05, 0) is 12.5 Å². The molecule has 1 amide bonds. The minimum atomic E-state index is 0.0642. The molecule has 1 aromatic heterocycles. The second-order valence-corrected chi connectivity index (χ2v) is 3.35. The molecule has 0 bridgehead atoms. The van der Waals surface area contributed by atoms with E-state index < -0.39 is 0 Å². The summed E-state index contributed by atoms with van der Waals surface area (Å²) < 4.78 is 1.61. The first kappa shape index (κ1) is 8.99. The largest absolute Gasteiger partial charge is 0.333 e. The Balaban J connectivity index is 2.16. The Kier molecular flexibility index (Phi) is 2.35. The van der Waals surface area contributed by atoms with Gasteiger partial charge in [0.1, 0.15) is 5.69 Å². The van der Waals surface area contributed by atoms with Crippen LogP contribution >= 0.6 is 0 Å². The van der Waals surface area contributed by atoms with Crippen molar-refractivity contribution < 1.29 is 4.79 Å². The SMILES string of the molecule is Cn1nccc1C(=O)N1CC=CCC1. The van der Waals surface area contributed by atoms with Crippen molar-refractivity contribution in [1.82, 2.24) is 14.7 Å². The first-order chi connectivity index (χ1) is 6.79. The Bertz CT molecular complexity index is 367. The van der Waals surface area contributed by atoms with Crippen LogP contribution in [0.2, 0.25) is 0 Å². The summed E-state index contributed by atoms with van der Waals surface area (Å²) in [6, 6.07) is 1.75. The molecule has 0 spiro atoms. The average molecular weight is 191 g/mol. The van der Waals surface area contributed by atoms with Crippen LogP contribution < -0.4 is 0 Å². The summed E-state index contributed by atoms with van der Waals surface area (Å²) >= 11 is 0. The average Bonchev–Trinajstić information content (AvgIpc) is 2.65. The number of hydrogen-bond donors (Lipinski definition) is 0. The predicted molar refractivity (Wildman–Crippen MR) is 52.9 cm³/mol. The molecule has 14 heavy (non-hydrogen) atoms. The monoisotopic (exact) mass is 191 g/mol. The molecule has 0 radical (unpaired) electrons. The molecule has 0 aliphatic carbocycles. The van der Waals surface area contributed by atoms with Crippen LogP contribution in [0.1, 0.15) is 16.9 Å². The van der Waals surface area contributed by atoms with Crippen LogP contribution in [-0.2, 0) is 7.05 Å². The summed E-state index contributed by atoms with van der Waals surface area (Å²) in [5.41, 5.74) is 0.653. The summed E-state index contributed by atoms with van der Waals surface area (Å²) in [4.78, 5) is 13.7. The summed E-state index contributed by atoms with van der Waals surface area (Å²) in [7, 11) is 1.78. The number of rotatable bonds is 1.